The maximum absolute atomic E-state index is 13.2. The van der Waals surface area contributed by atoms with Crippen LogP contribution < -0.4 is 10.2 Å². The van der Waals surface area contributed by atoms with Crippen LogP contribution in [0.1, 0.15) is 57.1 Å². The Balaban J connectivity index is 1.32. The first-order valence-electron chi connectivity index (χ1n) is 12.0. The molecule has 0 radical (unpaired) electrons. The van der Waals surface area contributed by atoms with Gasteiger partial charge in [-0.3, -0.25) is 9.59 Å². The zero-order valence-electron chi connectivity index (χ0n) is 20.1. The number of amides is 2. The highest BCUT2D eigenvalue weighted by Crippen LogP contribution is 2.32. The van der Waals surface area contributed by atoms with Crippen LogP contribution in [0.2, 0.25) is 0 Å². The highest BCUT2D eigenvalue weighted by Gasteiger charge is 2.32. The van der Waals surface area contributed by atoms with Gasteiger partial charge in [0, 0.05) is 44.4 Å². The Bertz CT molecular complexity index is 1170. The topological polar surface area (TPSA) is 86.8 Å². The molecule has 2 aromatic carbocycles. The lowest BCUT2D eigenvalue weighted by atomic mass is 9.94. The molecule has 0 spiro atoms. The minimum atomic E-state index is -3.60. The lowest BCUT2D eigenvalue weighted by Gasteiger charge is -2.31. The van der Waals surface area contributed by atoms with Gasteiger partial charge in [-0.05, 0) is 72.6 Å². The summed E-state index contributed by atoms with van der Waals surface area (Å²) in [5.41, 5.74) is 3.71. The van der Waals surface area contributed by atoms with Crippen molar-refractivity contribution in [2.24, 2.45) is 5.92 Å². The van der Waals surface area contributed by atoms with Crippen LogP contribution in [0.25, 0.3) is 0 Å². The molecule has 7 nitrogen and oxygen atoms in total. The van der Waals surface area contributed by atoms with E-state index in [0.29, 0.717) is 51.2 Å². The molecule has 8 heteroatoms. The molecule has 0 bridgehead atoms. The summed E-state index contributed by atoms with van der Waals surface area (Å²) in [5.74, 6) is 0.532. The fraction of sp³-hybridized carbons (Fsp3) is 0.462. The third kappa shape index (κ3) is 5.18. The highest BCUT2D eigenvalue weighted by molar-refractivity contribution is 7.89. The molecule has 2 aliphatic rings. The van der Waals surface area contributed by atoms with E-state index >= 15 is 0 Å². The summed E-state index contributed by atoms with van der Waals surface area (Å²) in [6, 6.07) is 12.9. The van der Waals surface area contributed by atoms with Gasteiger partial charge in [-0.2, -0.15) is 4.31 Å². The molecule has 0 unspecified atom stereocenters. The SMILES string of the molecule is CC(=O)N1CCc2cc(S(=O)(=O)N3CCC(CC(=O)Nc4ccc(C(C)C)cc4)CC3)ccc21. The van der Waals surface area contributed by atoms with Crippen LogP contribution in [-0.2, 0) is 26.0 Å². The van der Waals surface area contributed by atoms with Crippen molar-refractivity contribution in [2.45, 2.75) is 57.3 Å². The van der Waals surface area contributed by atoms with Crippen LogP contribution in [0.15, 0.2) is 47.4 Å². The number of carbonyl (C=O) groups is 2. The monoisotopic (exact) mass is 483 g/mol. The molecule has 2 aliphatic heterocycles. The first-order valence-corrected chi connectivity index (χ1v) is 13.4. The van der Waals surface area contributed by atoms with Gasteiger partial charge >= 0.3 is 0 Å². The summed E-state index contributed by atoms with van der Waals surface area (Å²) >= 11 is 0. The average Bonchev–Trinajstić information content (AvgIpc) is 3.23. The molecule has 0 aliphatic carbocycles. The number of rotatable bonds is 6. The van der Waals surface area contributed by atoms with E-state index in [4.69, 9.17) is 0 Å². The van der Waals surface area contributed by atoms with Gasteiger partial charge in [0.25, 0.3) is 0 Å². The van der Waals surface area contributed by atoms with Crippen molar-refractivity contribution in [3.8, 4) is 0 Å². The fourth-order valence-electron chi connectivity index (χ4n) is 4.79. The number of hydrogen-bond acceptors (Lipinski definition) is 4. The zero-order chi connectivity index (χ0) is 24.5. The second kappa shape index (κ2) is 9.88. The molecule has 2 heterocycles. The Kier molecular flexibility index (Phi) is 7.09. The molecular formula is C26H33N3O4S. The first-order chi connectivity index (χ1) is 16.1. The van der Waals surface area contributed by atoms with E-state index in [1.807, 2.05) is 24.3 Å². The number of nitrogens with zero attached hydrogens (tertiary/aromatic N) is 2. The van der Waals surface area contributed by atoms with E-state index in [0.717, 1.165) is 16.9 Å². The number of carbonyl (C=O) groups excluding carboxylic acids is 2. The van der Waals surface area contributed by atoms with E-state index in [1.54, 1.807) is 23.1 Å². The van der Waals surface area contributed by atoms with E-state index in [1.165, 1.54) is 16.8 Å². The number of sulfonamides is 1. The number of nitrogens with one attached hydrogen (secondary N) is 1. The molecule has 0 aromatic heterocycles. The molecule has 182 valence electrons. The minimum Gasteiger partial charge on any atom is -0.326 e. The van der Waals surface area contributed by atoms with Crippen molar-refractivity contribution in [1.29, 1.82) is 0 Å². The van der Waals surface area contributed by atoms with Crippen molar-refractivity contribution in [3.05, 3.63) is 53.6 Å². The lowest BCUT2D eigenvalue weighted by Crippen LogP contribution is -2.39. The van der Waals surface area contributed by atoms with E-state index in [2.05, 4.69) is 19.2 Å². The molecule has 2 aromatic rings. The predicted molar refractivity (Wildman–Crippen MR) is 133 cm³/mol. The maximum atomic E-state index is 13.2. The minimum absolute atomic E-state index is 0.0342. The van der Waals surface area contributed by atoms with Crippen molar-refractivity contribution in [3.63, 3.8) is 0 Å². The molecule has 1 N–H and O–H groups in total. The summed E-state index contributed by atoms with van der Waals surface area (Å²) in [4.78, 5) is 26.2. The molecule has 1 fully saturated rings. The van der Waals surface area contributed by atoms with Crippen molar-refractivity contribution in [1.82, 2.24) is 4.31 Å². The quantitative estimate of drug-likeness (QED) is 0.669. The van der Waals surface area contributed by atoms with Crippen LogP contribution in [0.3, 0.4) is 0 Å². The number of hydrogen-bond donors (Lipinski definition) is 1. The standard InChI is InChI=1S/C26H33N3O4S/c1-18(2)21-4-6-23(7-5-21)27-26(31)16-20-10-13-28(14-11-20)34(32,33)24-8-9-25-22(17-24)12-15-29(25)19(3)30/h4-9,17-18,20H,10-16H2,1-3H3,(H,27,31). The summed E-state index contributed by atoms with van der Waals surface area (Å²) < 4.78 is 27.9. The normalized spacial score (nSPS) is 17.1. The third-order valence-electron chi connectivity index (χ3n) is 6.87. The largest absolute Gasteiger partial charge is 0.326 e. The molecule has 1 saturated heterocycles. The Labute approximate surface area is 202 Å². The molecule has 2 amide bonds. The number of anilines is 2. The van der Waals surface area contributed by atoms with E-state index in [9.17, 15) is 18.0 Å². The maximum Gasteiger partial charge on any atom is 0.243 e. The summed E-state index contributed by atoms with van der Waals surface area (Å²) in [5, 5.41) is 2.96. The van der Waals surface area contributed by atoms with Crippen LogP contribution in [0.4, 0.5) is 11.4 Å². The first kappa shape index (κ1) is 24.4. The molecule has 0 atom stereocenters. The number of piperidine rings is 1. The second-order valence-electron chi connectivity index (χ2n) is 9.59. The van der Waals surface area contributed by atoms with Crippen LogP contribution in [0.5, 0.6) is 0 Å². The van der Waals surface area contributed by atoms with Gasteiger partial charge < -0.3 is 10.2 Å². The van der Waals surface area contributed by atoms with Crippen molar-refractivity contribution >= 4 is 33.2 Å². The van der Waals surface area contributed by atoms with Crippen molar-refractivity contribution < 1.29 is 18.0 Å². The summed E-state index contributed by atoms with van der Waals surface area (Å²) in [6.07, 6.45) is 2.36. The Morgan fingerprint density at radius 3 is 2.32 bits per heavy atom. The molecular weight excluding hydrogens is 450 g/mol. The summed E-state index contributed by atoms with van der Waals surface area (Å²) in [6.45, 7) is 7.18. The molecule has 0 saturated carbocycles. The van der Waals surface area contributed by atoms with Crippen LogP contribution >= 0.6 is 0 Å². The summed E-state index contributed by atoms with van der Waals surface area (Å²) in [7, 11) is -3.60. The fourth-order valence-corrected chi connectivity index (χ4v) is 6.31. The smallest absolute Gasteiger partial charge is 0.243 e. The number of benzene rings is 2. The van der Waals surface area contributed by atoms with Crippen molar-refractivity contribution in [2.75, 3.05) is 29.9 Å². The van der Waals surface area contributed by atoms with E-state index in [-0.39, 0.29) is 22.6 Å². The average molecular weight is 484 g/mol. The zero-order valence-corrected chi connectivity index (χ0v) is 20.9. The van der Waals surface area contributed by atoms with Gasteiger partial charge in [0.05, 0.1) is 4.90 Å². The lowest BCUT2D eigenvalue weighted by molar-refractivity contribution is -0.117. The molecule has 4 rings (SSSR count). The van der Waals surface area contributed by atoms with Gasteiger partial charge in [0.1, 0.15) is 0 Å². The Morgan fingerprint density at radius 2 is 1.71 bits per heavy atom. The Morgan fingerprint density at radius 1 is 1.03 bits per heavy atom. The van der Waals surface area contributed by atoms with Crippen LogP contribution in [0, 0.1) is 5.92 Å². The predicted octanol–water partition coefficient (Wildman–Crippen LogP) is 4.15. The van der Waals surface area contributed by atoms with Gasteiger partial charge in [0.15, 0.2) is 0 Å². The Hall–Kier alpha value is -2.71. The van der Waals surface area contributed by atoms with Gasteiger partial charge in [-0.25, -0.2) is 8.42 Å². The van der Waals surface area contributed by atoms with Gasteiger partial charge in [-0.1, -0.05) is 26.0 Å². The number of fused-ring (bicyclic) bond motifs is 1. The molecule has 34 heavy (non-hydrogen) atoms. The van der Waals surface area contributed by atoms with Crippen LogP contribution in [-0.4, -0.2) is 44.2 Å². The van der Waals surface area contributed by atoms with Gasteiger partial charge in [-0.15, -0.1) is 0 Å². The van der Waals surface area contributed by atoms with E-state index < -0.39 is 10.0 Å². The third-order valence-corrected chi connectivity index (χ3v) is 8.77. The highest BCUT2D eigenvalue weighted by atomic mass is 32.2. The second-order valence-corrected chi connectivity index (χ2v) is 11.5. The van der Waals surface area contributed by atoms with Gasteiger partial charge in [0.2, 0.25) is 21.8 Å².